The number of rotatable bonds is 36. The summed E-state index contributed by atoms with van der Waals surface area (Å²) in [5.74, 6) is -0.256. The lowest BCUT2D eigenvalue weighted by molar-refractivity contribution is -0.379. The molecule has 0 radical (unpaired) electrons. The second kappa shape index (κ2) is 34.8. The molecule has 17 atom stereocenters. The molecule has 0 saturated carbocycles. The van der Waals surface area contributed by atoms with Crippen LogP contribution < -0.4 is 5.32 Å². The predicted octanol–water partition coefficient (Wildman–Crippen LogP) is 1.87. The summed E-state index contributed by atoms with van der Waals surface area (Å²) >= 11 is 0. The largest absolute Gasteiger partial charge is 0.394 e. The highest BCUT2D eigenvalue weighted by Crippen LogP contribution is 2.33. The Morgan fingerprint density at radius 1 is 0.515 bits per heavy atom. The van der Waals surface area contributed by atoms with Crippen molar-refractivity contribution in [2.75, 3.05) is 26.4 Å². The van der Waals surface area contributed by atoms with Gasteiger partial charge < -0.3 is 89.9 Å². The number of aliphatic hydroxyl groups excluding tert-OH is 11. The molecule has 0 aliphatic carbocycles. The maximum absolute atomic E-state index is 13.2. The van der Waals surface area contributed by atoms with E-state index in [2.05, 4.69) is 31.3 Å². The minimum atomic E-state index is -1.97. The van der Waals surface area contributed by atoms with Crippen LogP contribution in [0.4, 0.5) is 0 Å². The van der Waals surface area contributed by atoms with Crippen molar-refractivity contribution in [1.29, 1.82) is 0 Å². The van der Waals surface area contributed by atoms with Crippen LogP contribution in [0.1, 0.15) is 162 Å². The lowest BCUT2D eigenvalue weighted by atomic mass is 9.96. The van der Waals surface area contributed by atoms with E-state index in [1.165, 1.54) is 64.2 Å². The molecular weight excluding hydrogens is 891 g/mol. The van der Waals surface area contributed by atoms with E-state index < -0.39 is 124 Å². The zero-order valence-electron chi connectivity index (χ0n) is 40.8. The highest BCUT2D eigenvalue weighted by Gasteiger charge is 2.53. The summed E-state index contributed by atoms with van der Waals surface area (Å²) < 4.78 is 34.1. The fraction of sp³-hybridized carbons (Fsp3) is 0.939. The van der Waals surface area contributed by atoms with Crippen molar-refractivity contribution in [2.24, 2.45) is 0 Å². The summed E-state index contributed by atoms with van der Waals surface area (Å²) in [6.45, 7) is 1.71. The number of allylic oxidation sites excluding steroid dienone is 2. The van der Waals surface area contributed by atoms with Gasteiger partial charge in [0.1, 0.15) is 73.2 Å². The van der Waals surface area contributed by atoms with Crippen LogP contribution in [0.15, 0.2) is 12.2 Å². The van der Waals surface area contributed by atoms with Gasteiger partial charge in [0.15, 0.2) is 18.9 Å². The van der Waals surface area contributed by atoms with E-state index in [0.29, 0.717) is 12.8 Å². The summed E-state index contributed by atoms with van der Waals surface area (Å²) in [7, 11) is 0. The van der Waals surface area contributed by atoms with Gasteiger partial charge >= 0.3 is 0 Å². The fourth-order valence-corrected chi connectivity index (χ4v) is 8.95. The molecule has 1 amide bonds. The first kappa shape index (κ1) is 60.8. The fourth-order valence-electron chi connectivity index (χ4n) is 8.95. The van der Waals surface area contributed by atoms with Gasteiger partial charge in [-0.2, -0.15) is 0 Å². The Morgan fingerprint density at radius 3 is 1.43 bits per heavy atom. The van der Waals surface area contributed by atoms with E-state index >= 15 is 0 Å². The third-order valence-electron chi connectivity index (χ3n) is 13.3. The van der Waals surface area contributed by atoms with Gasteiger partial charge in [-0.15, -0.1) is 0 Å². The van der Waals surface area contributed by atoms with Crippen molar-refractivity contribution in [3.05, 3.63) is 12.2 Å². The van der Waals surface area contributed by atoms with E-state index in [-0.39, 0.29) is 18.9 Å². The molecule has 0 aromatic rings. The van der Waals surface area contributed by atoms with Gasteiger partial charge in [-0.25, -0.2) is 0 Å². The molecule has 0 bridgehead atoms. The molecule has 17 unspecified atom stereocenters. The second-order valence-corrected chi connectivity index (χ2v) is 19.0. The Morgan fingerprint density at radius 2 is 0.926 bits per heavy atom. The van der Waals surface area contributed by atoms with Gasteiger partial charge in [-0.05, 0) is 38.5 Å². The number of nitrogens with one attached hydrogen (secondary N) is 1. The molecule has 3 fully saturated rings. The Balaban J connectivity index is 1.55. The number of aliphatic hydroxyl groups is 11. The van der Waals surface area contributed by atoms with Crippen LogP contribution in [-0.4, -0.2) is 193 Å². The smallest absolute Gasteiger partial charge is 0.220 e. The maximum atomic E-state index is 13.2. The molecule has 0 aromatic heterocycles. The van der Waals surface area contributed by atoms with Gasteiger partial charge in [-0.3, -0.25) is 4.79 Å². The monoisotopic (exact) mass is 982 g/mol. The molecule has 3 aliphatic rings. The predicted molar refractivity (Wildman–Crippen MR) is 250 cm³/mol. The van der Waals surface area contributed by atoms with E-state index in [4.69, 9.17) is 28.4 Å². The topological polar surface area (TPSA) is 307 Å². The zero-order valence-corrected chi connectivity index (χ0v) is 40.8. The number of hydrogen-bond donors (Lipinski definition) is 12. The molecule has 3 aliphatic heterocycles. The average molecular weight is 982 g/mol. The number of carbonyl (C=O) groups is 1. The van der Waals surface area contributed by atoms with Crippen LogP contribution in [0.5, 0.6) is 0 Å². The third kappa shape index (κ3) is 20.6. The van der Waals surface area contributed by atoms with Crippen LogP contribution in [-0.2, 0) is 33.2 Å². The number of hydrogen-bond acceptors (Lipinski definition) is 18. The Hall–Kier alpha value is -1.47. The van der Waals surface area contributed by atoms with Crippen molar-refractivity contribution in [1.82, 2.24) is 5.32 Å². The SMILES string of the molecule is CCCCCCC/C=C\CCCCCCCC(=O)NC(COC1OC(CO)C(OC2OC(CO)C(OC3OC(CO)C(O)C(O)C3O)C(O)C2O)C(O)C1O)C(O)CCCCCCCCCCC. The summed E-state index contributed by atoms with van der Waals surface area (Å²) in [6, 6.07) is -0.884. The summed E-state index contributed by atoms with van der Waals surface area (Å²) in [6.07, 6.45) is 1.91. The normalized spacial score (nSPS) is 33.2. The molecule has 19 heteroatoms. The van der Waals surface area contributed by atoms with Crippen molar-refractivity contribution in [3.63, 3.8) is 0 Å². The summed E-state index contributed by atoms with van der Waals surface area (Å²) in [5.41, 5.74) is 0. The van der Waals surface area contributed by atoms with Crippen LogP contribution in [0, 0.1) is 0 Å². The van der Waals surface area contributed by atoms with Crippen LogP contribution >= 0.6 is 0 Å². The first-order chi connectivity index (χ1) is 32.8. The summed E-state index contributed by atoms with van der Waals surface area (Å²) in [5, 5.41) is 120. The molecule has 68 heavy (non-hydrogen) atoms. The molecule has 19 nitrogen and oxygen atoms in total. The zero-order chi connectivity index (χ0) is 49.8. The van der Waals surface area contributed by atoms with Crippen LogP contribution in [0.25, 0.3) is 0 Å². The molecule has 400 valence electrons. The molecule has 12 N–H and O–H groups in total. The van der Waals surface area contributed by atoms with Crippen LogP contribution in [0.2, 0.25) is 0 Å². The van der Waals surface area contributed by atoms with E-state index in [1.807, 2.05) is 0 Å². The van der Waals surface area contributed by atoms with E-state index in [9.17, 15) is 61.0 Å². The Labute approximate surface area is 404 Å². The number of carbonyl (C=O) groups excluding carboxylic acids is 1. The molecule has 0 aromatic carbocycles. The average Bonchev–Trinajstić information content (AvgIpc) is 3.33. The van der Waals surface area contributed by atoms with Gasteiger partial charge in [0.25, 0.3) is 0 Å². The van der Waals surface area contributed by atoms with Gasteiger partial charge in [0, 0.05) is 6.42 Å². The van der Waals surface area contributed by atoms with Crippen LogP contribution in [0.3, 0.4) is 0 Å². The Kier molecular flexibility index (Phi) is 31.1. The minimum absolute atomic E-state index is 0.256. The number of ether oxygens (including phenoxy) is 6. The highest BCUT2D eigenvalue weighted by molar-refractivity contribution is 5.76. The highest BCUT2D eigenvalue weighted by atomic mass is 16.8. The molecule has 0 spiro atoms. The van der Waals surface area contributed by atoms with E-state index in [0.717, 1.165) is 64.2 Å². The molecular formula is C49H91NO18. The lowest BCUT2D eigenvalue weighted by Crippen LogP contribution is -2.66. The van der Waals surface area contributed by atoms with Gasteiger partial charge in [-0.1, -0.05) is 129 Å². The summed E-state index contributed by atoms with van der Waals surface area (Å²) in [4.78, 5) is 13.2. The molecule has 3 saturated heterocycles. The first-order valence-electron chi connectivity index (χ1n) is 25.9. The molecule has 3 heterocycles. The number of unbranched alkanes of at least 4 members (excludes halogenated alkanes) is 18. The first-order valence-corrected chi connectivity index (χ1v) is 25.9. The Bertz CT molecular complexity index is 1310. The van der Waals surface area contributed by atoms with Crippen molar-refractivity contribution < 1.29 is 89.4 Å². The van der Waals surface area contributed by atoms with Crippen molar-refractivity contribution in [3.8, 4) is 0 Å². The maximum Gasteiger partial charge on any atom is 0.220 e. The van der Waals surface area contributed by atoms with Crippen molar-refractivity contribution >= 4 is 5.91 Å². The molecule has 3 rings (SSSR count). The second-order valence-electron chi connectivity index (χ2n) is 19.0. The quantitative estimate of drug-likeness (QED) is 0.0315. The third-order valence-corrected chi connectivity index (χ3v) is 13.3. The number of amides is 1. The van der Waals surface area contributed by atoms with E-state index in [1.54, 1.807) is 0 Å². The lowest BCUT2D eigenvalue weighted by Gasteiger charge is -2.48. The van der Waals surface area contributed by atoms with Crippen molar-refractivity contribution in [2.45, 2.75) is 266 Å². The standard InChI is InChI=1S/C49H91NO18/c1-3-5-7-9-11-13-14-15-16-17-19-21-23-25-27-37(55)50-32(33(54)26-24-22-20-18-12-10-8-6-4-2)31-63-47-43(61)40(58)45(35(29-52)65-47)68-49-44(62)41(59)46(36(30-53)66-49)67-48-42(60)39(57)38(56)34(28-51)64-48/h14-15,32-36,38-49,51-54,56-62H,3-13,16-31H2,1-2H3,(H,50,55)/b15-14-. The van der Waals surface area contributed by atoms with Gasteiger partial charge in [0.2, 0.25) is 5.91 Å². The minimum Gasteiger partial charge on any atom is -0.394 e. The van der Waals surface area contributed by atoms with Gasteiger partial charge in [0.05, 0.1) is 38.6 Å².